The van der Waals surface area contributed by atoms with Crippen molar-refractivity contribution in [2.24, 2.45) is 0 Å². The van der Waals surface area contributed by atoms with Gasteiger partial charge in [-0.25, -0.2) is 0 Å². The third kappa shape index (κ3) is 4.63. The molecule has 1 heterocycles. The average molecular weight is 458 g/mol. The first-order chi connectivity index (χ1) is 12.7. The van der Waals surface area contributed by atoms with E-state index in [4.69, 9.17) is 4.98 Å². The van der Waals surface area contributed by atoms with Gasteiger partial charge in [0, 0.05) is 0 Å². The molecule has 0 aliphatic heterocycles. The van der Waals surface area contributed by atoms with E-state index in [1.807, 2.05) is 0 Å². The number of pyridine rings is 1. The van der Waals surface area contributed by atoms with E-state index in [9.17, 15) is 0 Å². The summed E-state index contributed by atoms with van der Waals surface area (Å²) < 4.78 is 6.26. The minimum atomic E-state index is -2.47. The van der Waals surface area contributed by atoms with Gasteiger partial charge < -0.3 is 0 Å². The van der Waals surface area contributed by atoms with Crippen LogP contribution < -0.4 is 3.71 Å². The molecule has 1 aliphatic carbocycles. The molecule has 0 amide bonds. The maximum atomic E-state index is 5.46. The summed E-state index contributed by atoms with van der Waals surface area (Å²) in [5.74, 6) is 0.822. The summed E-state index contributed by atoms with van der Waals surface area (Å²) in [5, 5.41) is 1.36. The number of rotatable bonds is 11. The van der Waals surface area contributed by atoms with Crippen molar-refractivity contribution in [1.29, 1.82) is 0 Å². The molecular formula is C24H37NSn. The molecular weight excluding hydrogens is 421 g/mol. The van der Waals surface area contributed by atoms with Crippen LogP contribution in [-0.4, -0.2) is 23.4 Å². The molecule has 1 aromatic heterocycles. The van der Waals surface area contributed by atoms with Crippen molar-refractivity contribution in [3.8, 4) is 0 Å². The van der Waals surface area contributed by atoms with Gasteiger partial charge in [-0.3, -0.25) is 0 Å². The van der Waals surface area contributed by atoms with E-state index in [0.29, 0.717) is 0 Å². The van der Waals surface area contributed by atoms with Crippen LogP contribution in [0.4, 0.5) is 0 Å². The quantitative estimate of drug-likeness (QED) is 0.326. The van der Waals surface area contributed by atoms with Gasteiger partial charge in [0.25, 0.3) is 0 Å². The Balaban J connectivity index is 2.11. The Morgan fingerprint density at radius 1 is 0.885 bits per heavy atom. The third-order valence-electron chi connectivity index (χ3n) is 6.30. The molecule has 142 valence electrons. The van der Waals surface area contributed by atoms with Crippen molar-refractivity contribution in [3.63, 3.8) is 0 Å². The molecule has 26 heavy (non-hydrogen) atoms. The predicted octanol–water partition coefficient (Wildman–Crippen LogP) is 7.17. The van der Waals surface area contributed by atoms with Crippen molar-refractivity contribution in [2.75, 3.05) is 0 Å². The van der Waals surface area contributed by atoms with Crippen molar-refractivity contribution in [2.45, 2.75) is 91.4 Å². The van der Waals surface area contributed by atoms with Gasteiger partial charge in [-0.1, -0.05) is 0 Å². The zero-order chi connectivity index (χ0) is 18.4. The van der Waals surface area contributed by atoms with Gasteiger partial charge >= 0.3 is 165 Å². The van der Waals surface area contributed by atoms with Crippen molar-refractivity contribution in [3.05, 3.63) is 35.9 Å². The van der Waals surface area contributed by atoms with E-state index in [-0.39, 0.29) is 0 Å². The number of unbranched alkanes of at least 4 members (excludes halogenated alkanes) is 3. The van der Waals surface area contributed by atoms with E-state index < -0.39 is 18.4 Å². The second-order valence-electron chi connectivity index (χ2n) is 8.48. The first kappa shape index (κ1) is 20.2. The monoisotopic (exact) mass is 459 g/mol. The Morgan fingerprint density at radius 2 is 1.46 bits per heavy atom. The normalized spacial score (nSPS) is 14.9. The van der Waals surface area contributed by atoms with Gasteiger partial charge in [0.2, 0.25) is 0 Å². The van der Waals surface area contributed by atoms with E-state index in [1.54, 1.807) is 9.27 Å². The van der Waals surface area contributed by atoms with Crippen LogP contribution in [0.2, 0.25) is 13.3 Å². The molecule has 1 saturated carbocycles. The molecule has 2 aromatic rings. The Kier molecular flexibility index (Phi) is 7.43. The Bertz CT molecular complexity index is 683. The molecule has 0 bridgehead atoms. The Morgan fingerprint density at radius 3 is 2.00 bits per heavy atom. The number of hydrogen-bond acceptors (Lipinski definition) is 1. The van der Waals surface area contributed by atoms with Gasteiger partial charge in [-0.05, 0) is 0 Å². The summed E-state index contributed by atoms with van der Waals surface area (Å²) in [4.78, 5) is 5.46. The fraction of sp³-hybridized carbons (Fsp3) is 0.625. The zero-order valence-electron chi connectivity index (χ0n) is 17.2. The standard InChI is InChI=1S/C12H10N.3C4H9.Sn/c1-2-4-12-10(3-1)7-11(8-13-12)9-5-6-9;3*1-3-4-2;/h1-4,7,9H,5-6H2;3*1,3-4H2,2H3;. The molecule has 1 aliphatic rings. The van der Waals surface area contributed by atoms with Crippen LogP contribution in [0.15, 0.2) is 30.3 Å². The van der Waals surface area contributed by atoms with Crippen LogP contribution in [0.5, 0.6) is 0 Å². The number of aromatic nitrogens is 1. The van der Waals surface area contributed by atoms with Crippen LogP contribution in [0, 0.1) is 0 Å². The summed E-state index contributed by atoms with van der Waals surface area (Å²) in [6.07, 6.45) is 11.1. The molecule has 2 heteroatoms. The molecule has 0 atom stereocenters. The summed E-state index contributed by atoms with van der Waals surface area (Å²) in [6.45, 7) is 7.10. The molecule has 0 radical (unpaired) electrons. The number of benzene rings is 1. The summed E-state index contributed by atoms with van der Waals surface area (Å²) in [5.41, 5.74) is 2.93. The molecule has 3 rings (SSSR count). The fourth-order valence-electron chi connectivity index (χ4n) is 4.54. The van der Waals surface area contributed by atoms with Crippen molar-refractivity contribution in [1.82, 2.24) is 4.98 Å². The number of hydrogen-bond donors (Lipinski definition) is 0. The van der Waals surface area contributed by atoms with Crippen LogP contribution in [0.25, 0.3) is 10.9 Å². The topological polar surface area (TPSA) is 12.9 Å². The van der Waals surface area contributed by atoms with Gasteiger partial charge in [0.05, 0.1) is 0 Å². The number of fused-ring (bicyclic) bond motifs is 1. The second-order valence-corrected chi connectivity index (χ2v) is 21.4. The molecule has 0 saturated heterocycles. The SMILES string of the molecule is CCC[CH2][Sn]([CH2]CCC)([CH2]CCC)[c]1nc2ccccc2cc1C1CC1. The molecule has 0 unspecified atom stereocenters. The van der Waals surface area contributed by atoms with E-state index >= 15 is 0 Å². The summed E-state index contributed by atoms with van der Waals surface area (Å²) in [7, 11) is 0. The Hall–Kier alpha value is -0.571. The van der Waals surface area contributed by atoms with Gasteiger partial charge in [0.15, 0.2) is 0 Å². The molecule has 1 fully saturated rings. The first-order valence-corrected chi connectivity index (χ1v) is 18.6. The molecule has 0 N–H and O–H groups in total. The fourth-order valence-corrected chi connectivity index (χ4v) is 21.1. The minimum absolute atomic E-state index is 0.822. The summed E-state index contributed by atoms with van der Waals surface area (Å²) in [6, 6.07) is 11.4. The van der Waals surface area contributed by atoms with Gasteiger partial charge in [-0.15, -0.1) is 0 Å². The van der Waals surface area contributed by atoms with Crippen LogP contribution in [-0.2, 0) is 0 Å². The van der Waals surface area contributed by atoms with Crippen LogP contribution in [0.1, 0.15) is 83.6 Å². The third-order valence-corrected chi connectivity index (χ3v) is 21.5. The van der Waals surface area contributed by atoms with Crippen molar-refractivity contribution >= 4 is 33.0 Å². The van der Waals surface area contributed by atoms with E-state index in [1.165, 1.54) is 75.6 Å². The van der Waals surface area contributed by atoms with E-state index in [0.717, 1.165) is 5.92 Å². The molecule has 1 nitrogen and oxygen atoms in total. The number of para-hydroxylation sites is 1. The van der Waals surface area contributed by atoms with E-state index in [2.05, 4.69) is 51.1 Å². The number of nitrogens with zero attached hydrogens (tertiary/aromatic N) is 1. The van der Waals surface area contributed by atoms with Crippen LogP contribution in [0.3, 0.4) is 0 Å². The molecule has 1 aromatic carbocycles. The molecule has 0 spiro atoms. The first-order valence-electron chi connectivity index (χ1n) is 11.1. The zero-order valence-corrected chi connectivity index (χ0v) is 20.0. The van der Waals surface area contributed by atoms with Gasteiger partial charge in [0.1, 0.15) is 0 Å². The second kappa shape index (κ2) is 9.57. The van der Waals surface area contributed by atoms with Crippen LogP contribution >= 0.6 is 0 Å². The predicted molar refractivity (Wildman–Crippen MR) is 118 cm³/mol. The maximum absolute atomic E-state index is 5.46. The average Bonchev–Trinajstić information content (AvgIpc) is 3.52. The van der Waals surface area contributed by atoms with Crippen molar-refractivity contribution < 1.29 is 0 Å². The van der Waals surface area contributed by atoms with Gasteiger partial charge in [-0.2, -0.15) is 0 Å². The Labute approximate surface area is 164 Å². The summed E-state index contributed by atoms with van der Waals surface area (Å²) >= 11 is -2.47.